The molecule has 0 radical (unpaired) electrons. The molecule has 2 rings (SSSR count). The molecular weight excluding hydrogens is 260 g/mol. The zero-order chi connectivity index (χ0) is 15.2. The van der Waals surface area contributed by atoms with Gasteiger partial charge >= 0.3 is 0 Å². The first-order valence-corrected chi connectivity index (χ1v) is 7.14. The summed E-state index contributed by atoms with van der Waals surface area (Å²) in [6.07, 6.45) is 4.23. The van der Waals surface area contributed by atoms with Gasteiger partial charge in [0.1, 0.15) is 11.5 Å². The summed E-state index contributed by atoms with van der Waals surface area (Å²) in [5, 5.41) is 0. The molecule has 21 heavy (non-hydrogen) atoms. The summed E-state index contributed by atoms with van der Waals surface area (Å²) in [6, 6.07) is 14.3. The van der Waals surface area contributed by atoms with Crippen molar-refractivity contribution in [3.05, 3.63) is 59.2 Å². The van der Waals surface area contributed by atoms with Crippen molar-refractivity contribution in [1.82, 2.24) is 0 Å². The smallest absolute Gasteiger partial charge is 0.126 e. The summed E-state index contributed by atoms with van der Waals surface area (Å²) < 4.78 is 10.9. The Morgan fingerprint density at radius 2 is 1.62 bits per heavy atom. The Morgan fingerprint density at radius 1 is 0.905 bits per heavy atom. The molecule has 0 aliphatic heterocycles. The summed E-state index contributed by atoms with van der Waals surface area (Å²) >= 11 is 0. The maximum atomic E-state index is 5.53. The van der Waals surface area contributed by atoms with E-state index in [9.17, 15) is 0 Å². The van der Waals surface area contributed by atoms with Crippen molar-refractivity contribution < 1.29 is 9.47 Å². The Labute approximate surface area is 127 Å². The third kappa shape index (κ3) is 3.66. The normalized spacial score (nSPS) is 11.1. The molecule has 0 N–H and O–H groups in total. The summed E-state index contributed by atoms with van der Waals surface area (Å²) in [6.45, 7) is 4.34. The van der Waals surface area contributed by atoms with Crippen LogP contribution >= 0.6 is 0 Å². The first-order chi connectivity index (χ1) is 10.2. The highest BCUT2D eigenvalue weighted by molar-refractivity contribution is 5.73. The number of hydrogen-bond acceptors (Lipinski definition) is 2. The van der Waals surface area contributed by atoms with Crippen LogP contribution in [-0.2, 0) is 0 Å². The van der Waals surface area contributed by atoms with Crippen molar-refractivity contribution in [2.24, 2.45) is 0 Å². The molecule has 0 atom stereocenters. The zero-order valence-electron chi connectivity index (χ0n) is 13.1. The number of ether oxygens (including phenoxy) is 2. The lowest BCUT2D eigenvalue weighted by molar-refractivity contribution is 0.389. The van der Waals surface area contributed by atoms with E-state index in [-0.39, 0.29) is 0 Å². The predicted octanol–water partition coefficient (Wildman–Crippen LogP) is 5.00. The van der Waals surface area contributed by atoms with Gasteiger partial charge in [-0.2, -0.15) is 0 Å². The second-order valence-corrected chi connectivity index (χ2v) is 5.23. The van der Waals surface area contributed by atoms with E-state index in [1.165, 1.54) is 11.1 Å². The molecule has 0 heterocycles. The number of benzene rings is 2. The lowest BCUT2D eigenvalue weighted by Crippen LogP contribution is -1.99. The highest BCUT2D eigenvalue weighted by atomic mass is 16.5. The van der Waals surface area contributed by atoms with Gasteiger partial charge in [0.05, 0.1) is 14.2 Å². The first-order valence-electron chi connectivity index (χ1n) is 7.14. The third-order valence-electron chi connectivity index (χ3n) is 3.44. The molecule has 0 amide bonds. The molecule has 2 aromatic rings. The van der Waals surface area contributed by atoms with Gasteiger partial charge in [0, 0.05) is 11.6 Å². The van der Waals surface area contributed by atoms with Crippen LogP contribution < -0.4 is 9.47 Å². The Bertz CT molecular complexity index is 613. The van der Waals surface area contributed by atoms with Gasteiger partial charge in [0.2, 0.25) is 0 Å². The van der Waals surface area contributed by atoms with E-state index >= 15 is 0 Å². The molecule has 0 unspecified atom stereocenters. The van der Waals surface area contributed by atoms with Gasteiger partial charge in [-0.1, -0.05) is 56.3 Å². The van der Waals surface area contributed by atoms with E-state index in [1.807, 2.05) is 24.3 Å². The van der Waals surface area contributed by atoms with Crippen LogP contribution in [0.3, 0.4) is 0 Å². The van der Waals surface area contributed by atoms with E-state index in [0.717, 1.165) is 17.1 Å². The van der Waals surface area contributed by atoms with Gasteiger partial charge in [-0.15, -0.1) is 0 Å². The number of hydrogen-bond donors (Lipinski definition) is 0. The summed E-state index contributed by atoms with van der Waals surface area (Å²) in [5.74, 6) is 2.06. The maximum Gasteiger partial charge on any atom is 0.126 e. The van der Waals surface area contributed by atoms with Gasteiger partial charge in [0.25, 0.3) is 0 Å². The van der Waals surface area contributed by atoms with Crippen molar-refractivity contribution in [3.8, 4) is 11.5 Å². The Morgan fingerprint density at radius 3 is 2.19 bits per heavy atom. The highest BCUT2D eigenvalue weighted by Crippen LogP contribution is 2.35. The van der Waals surface area contributed by atoms with Crippen LogP contribution in [0.1, 0.15) is 36.5 Å². The van der Waals surface area contributed by atoms with Crippen molar-refractivity contribution in [3.63, 3.8) is 0 Å². The minimum Gasteiger partial charge on any atom is -0.497 e. The summed E-state index contributed by atoms with van der Waals surface area (Å²) in [4.78, 5) is 0. The SMILES string of the molecule is COc1cc(/C=C/c2ccccc2)c(C(C)C)c(OC)c1. The van der Waals surface area contributed by atoms with Gasteiger partial charge in [0.15, 0.2) is 0 Å². The van der Waals surface area contributed by atoms with Crippen LogP contribution in [0.5, 0.6) is 11.5 Å². The van der Waals surface area contributed by atoms with Crippen LogP contribution in [0.2, 0.25) is 0 Å². The lowest BCUT2D eigenvalue weighted by Gasteiger charge is -2.16. The van der Waals surface area contributed by atoms with Gasteiger partial charge in [-0.3, -0.25) is 0 Å². The number of methoxy groups -OCH3 is 2. The van der Waals surface area contributed by atoms with Gasteiger partial charge in [-0.25, -0.2) is 0 Å². The van der Waals surface area contributed by atoms with Crippen LogP contribution in [0.4, 0.5) is 0 Å². The molecule has 0 saturated carbocycles. The van der Waals surface area contributed by atoms with Gasteiger partial charge < -0.3 is 9.47 Å². The van der Waals surface area contributed by atoms with E-state index < -0.39 is 0 Å². The molecule has 0 saturated heterocycles. The lowest BCUT2D eigenvalue weighted by atomic mass is 9.95. The highest BCUT2D eigenvalue weighted by Gasteiger charge is 2.13. The molecule has 0 aliphatic carbocycles. The van der Waals surface area contributed by atoms with Crippen molar-refractivity contribution in [2.75, 3.05) is 14.2 Å². The molecule has 0 spiro atoms. The van der Waals surface area contributed by atoms with Crippen LogP contribution in [0.15, 0.2) is 42.5 Å². The largest absolute Gasteiger partial charge is 0.497 e. The number of rotatable bonds is 5. The van der Waals surface area contributed by atoms with Crippen molar-refractivity contribution in [2.45, 2.75) is 19.8 Å². The average molecular weight is 282 g/mol. The Hall–Kier alpha value is -2.22. The summed E-state index contributed by atoms with van der Waals surface area (Å²) in [7, 11) is 3.37. The molecule has 2 heteroatoms. The second-order valence-electron chi connectivity index (χ2n) is 5.23. The standard InChI is InChI=1S/C19H22O2/c1-14(2)19-16(11-10-15-8-6-5-7-9-15)12-17(20-3)13-18(19)21-4/h5-14H,1-4H3/b11-10+. The van der Waals surface area contributed by atoms with E-state index in [1.54, 1.807) is 14.2 Å². The minimum absolute atomic E-state index is 0.376. The fourth-order valence-electron chi connectivity index (χ4n) is 2.41. The molecule has 0 aliphatic rings. The molecule has 2 nitrogen and oxygen atoms in total. The monoisotopic (exact) mass is 282 g/mol. The summed E-state index contributed by atoms with van der Waals surface area (Å²) in [5.41, 5.74) is 3.50. The minimum atomic E-state index is 0.376. The van der Waals surface area contributed by atoms with Crippen molar-refractivity contribution >= 4 is 12.2 Å². The van der Waals surface area contributed by atoms with E-state index in [0.29, 0.717) is 5.92 Å². The van der Waals surface area contributed by atoms with E-state index in [2.05, 4.69) is 44.2 Å². The van der Waals surface area contributed by atoms with Crippen LogP contribution in [0.25, 0.3) is 12.2 Å². The quantitative estimate of drug-likeness (QED) is 0.719. The fraction of sp³-hybridized carbons (Fsp3) is 0.263. The third-order valence-corrected chi connectivity index (χ3v) is 3.44. The fourth-order valence-corrected chi connectivity index (χ4v) is 2.41. The van der Waals surface area contributed by atoms with Gasteiger partial charge in [-0.05, 0) is 23.1 Å². The van der Waals surface area contributed by atoms with Crippen LogP contribution in [-0.4, -0.2) is 14.2 Å². The molecule has 110 valence electrons. The van der Waals surface area contributed by atoms with E-state index in [4.69, 9.17) is 9.47 Å². The molecular formula is C19H22O2. The maximum absolute atomic E-state index is 5.53. The zero-order valence-corrected chi connectivity index (χ0v) is 13.1. The molecule has 0 bridgehead atoms. The average Bonchev–Trinajstić information content (AvgIpc) is 2.52. The Balaban J connectivity index is 2.47. The molecule has 0 aromatic heterocycles. The predicted molar refractivity (Wildman–Crippen MR) is 89.0 cm³/mol. The molecule has 2 aromatic carbocycles. The van der Waals surface area contributed by atoms with Crippen LogP contribution in [0, 0.1) is 0 Å². The second kappa shape index (κ2) is 6.98. The Kier molecular flexibility index (Phi) is 5.04. The molecule has 0 fully saturated rings. The first kappa shape index (κ1) is 15.2. The van der Waals surface area contributed by atoms with Crippen molar-refractivity contribution in [1.29, 1.82) is 0 Å². The topological polar surface area (TPSA) is 18.5 Å².